The molecule has 0 heterocycles. The summed E-state index contributed by atoms with van der Waals surface area (Å²) in [6.07, 6.45) is 8.50. The van der Waals surface area contributed by atoms with E-state index < -0.39 is 0 Å². The Kier molecular flexibility index (Phi) is 8.53. The Hall–Kier alpha value is -1.54. The van der Waals surface area contributed by atoms with Crippen molar-refractivity contribution in [2.45, 2.75) is 32.6 Å². The van der Waals surface area contributed by atoms with E-state index >= 15 is 0 Å². The lowest BCUT2D eigenvalue weighted by molar-refractivity contribution is 0.698. The highest BCUT2D eigenvalue weighted by Gasteiger charge is 2.10. The molecule has 0 saturated heterocycles. The lowest BCUT2D eigenvalue weighted by Gasteiger charge is -2.26. The largest absolute Gasteiger partial charge is 0.368 e. The van der Waals surface area contributed by atoms with Crippen LogP contribution in [0.2, 0.25) is 0 Å². The maximum atomic E-state index is 3.91. The van der Waals surface area contributed by atoms with Gasteiger partial charge in [-0.1, -0.05) is 24.3 Å². The van der Waals surface area contributed by atoms with Gasteiger partial charge in [0.15, 0.2) is 0 Å². The smallest absolute Gasteiger partial charge is 0.0404 e. The van der Waals surface area contributed by atoms with Crippen LogP contribution in [0.4, 0.5) is 5.69 Å². The molecule has 1 aromatic carbocycles. The number of nitrogens with one attached hydrogen (secondary N) is 1. The molecule has 21 heavy (non-hydrogen) atoms. The van der Waals surface area contributed by atoms with E-state index in [1.807, 2.05) is 19.2 Å². The first-order chi connectivity index (χ1) is 10.2. The minimum absolute atomic E-state index is 0.904. The van der Waals surface area contributed by atoms with Gasteiger partial charge in [0.2, 0.25) is 0 Å². The molecule has 0 amide bonds. The summed E-state index contributed by atoms with van der Waals surface area (Å²) in [6.45, 7) is 12.9. The van der Waals surface area contributed by atoms with Crippen LogP contribution >= 0.6 is 0 Å². The zero-order valence-electron chi connectivity index (χ0n) is 13.7. The molecule has 116 valence electrons. The fraction of sp³-hybridized carbons (Fsp3) is 0.474. The lowest BCUT2D eigenvalue weighted by atomic mass is 10.0. The molecule has 0 bridgehead atoms. The van der Waals surface area contributed by atoms with Crippen LogP contribution < -0.4 is 10.2 Å². The molecule has 0 fully saturated rings. The van der Waals surface area contributed by atoms with Gasteiger partial charge in [0.25, 0.3) is 0 Å². The molecule has 0 radical (unpaired) electrons. The SMILES string of the molecule is C=CCCCc1ccc(C)cc1N(CC=C)CCCNC. The highest BCUT2D eigenvalue weighted by atomic mass is 15.1. The number of unbranched alkanes of at least 4 members (excludes halogenated alkanes) is 1. The van der Waals surface area contributed by atoms with Gasteiger partial charge >= 0.3 is 0 Å². The molecular weight excluding hydrogens is 256 g/mol. The minimum Gasteiger partial charge on any atom is -0.368 e. The van der Waals surface area contributed by atoms with Crippen LogP contribution in [0.1, 0.15) is 30.4 Å². The Labute approximate surface area is 130 Å². The summed E-state index contributed by atoms with van der Waals surface area (Å²) < 4.78 is 0. The molecule has 2 nitrogen and oxygen atoms in total. The first-order valence-corrected chi connectivity index (χ1v) is 7.93. The summed E-state index contributed by atoms with van der Waals surface area (Å²) in [7, 11) is 2.01. The summed E-state index contributed by atoms with van der Waals surface area (Å²) in [5.41, 5.74) is 4.13. The van der Waals surface area contributed by atoms with E-state index in [4.69, 9.17) is 0 Å². The summed E-state index contributed by atoms with van der Waals surface area (Å²) in [5.74, 6) is 0. The number of allylic oxidation sites excluding steroid dienone is 1. The molecule has 0 aliphatic rings. The summed E-state index contributed by atoms with van der Waals surface area (Å²) in [5, 5.41) is 3.22. The molecule has 0 atom stereocenters. The van der Waals surface area contributed by atoms with E-state index in [9.17, 15) is 0 Å². The fourth-order valence-electron chi connectivity index (χ4n) is 2.53. The van der Waals surface area contributed by atoms with Crippen molar-refractivity contribution in [3.8, 4) is 0 Å². The molecule has 1 aromatic rings. The van der Waals surface area contributed by atoms with Crippen molar-refractivity contribution >= 4 is 5.69 Å². The maximum absolute atomic E-state index is 3.91. The van der Waals surface area contributed by atoms with Crippen LogP contribution in [0.15, 0.2) is 43.5 Å². The molecule has 2 heteroatoms. The Morgan fingerprint density at radius 3 is 2.67 bits per heavy atom. The van der Waals surface area contributed by atoms with Crippen molar-refractivity contribution < 1.29 is 0 Å². The normalized spacial score (nSPS) is 10.4. The number of hydrogen-bond donors (Lipinski definition) is 1. The zero-order chi connectivity index (χ0) is 15.5. The number of anilines is 1. The maximum Gasteiger partial charge on any atom is 0.0404 e. The highest BCUT2D eigenvalue weighted by molar-refractivity contribution is 5.56. The summed E-state index contributed by atoms with van der Waals surface area (Å²) >= 11 is 0. The Balaban J connectivity index is 2.88. The molecule has 0 aromatic heterocycles. The van der Waals surface area contributed by atoms with Crippen LogP contribution in [0.3, 0.4) is 0 Å². The minimum atomic E-state index is 0.904. The van der Waals surface area contributed by atoms with Crippen molar-refractivity contribution in [3.05, 3.63) is 54.6 Å². The Morgan fingerprint density at radius 1 is 1.19 bits per heavy atom. The van der Waals surface area contributed by atoms with Gasteiger partial charge in [-0.2, -0.15) is 0 Å². The first kappa shape index (κ1) is 17.5. The van der Waals surface area contributed by atoms with Crippen LogP contribution in [0, 0.1) is 6.92 Å². The van der Waals surface area contributed by atoms with Crippen molar-refractivity contribution in [2.75, 3.05) is 31.6 Å². The van der Waals surface area contributed by atoms with E-state index in [2.05, 4.69) is 48.5 Å². The molecule has 1 rings (SSSR count). The van der Waals surface area contributed by atoms with Crippen molar-refractivity contribution in [1.29, 1.82) is 0 Å². The fourth-order valence-corrected chi connectivity index (χ4v) is 2.53. The number of nitrogens with zero attached hydrogens (tertiary/aromatic N) is 1. The number of benzene rings is 1. The topological polar surface area (TPSA) is 15.3 Å². The lowest BCUT2D eigenvalue weighted by Crippen LogP contribution is -2.27. The monoisotopic (exact) mass is 286 g/mol. The predicted octanol–water partition coefficient (Wildman–Crippen LogP) is 4.11. The van der Waals surface area contributed by atoms with E-state index in [0.717, 1.165) is 45.3 Å². The predicted molar refractivity (Wildman–Crippen MR) is 95.3 cm³/mol. The average molecular weight is 286 g/mol. The third-order valence-electron chi connectivity index (χ3n) is 3.64. The van der Waals surface area contributed by atoms with Gasteiger partial charge in [0.05, 0.1) is 0 Å². The van der Waals surface area contributed by atoms with E-state index in [1.165, 1.54) is 16.8 Å². The second-order valence-corrected chi connectivity index (χ2v) is 5.50. The standard InChI is InChI=1S/C19H30N2/c1-5-7-8-10-18-12-11-17(3)16-19(18)21(14-6-2)15-9-13-20-4/h5-6,11-12,16,20H,1-2,7-10,13-15H2,3-4H3. The molecular formula is C19H30N2. The molecule has 0 saturated carbocycles. The third kappa shape index (κ3) is 6.17. The summed E-state index contributed by atoms with van der Waals surface area (Å²) in [4.78, 5) is 2.45. The average Bonchev–Trinajstić information content (AvgIpc) is 2.48. The van der Waals surface area contributed by atoms with Crippen LogP contribution in [-0.2, 0) is 6.42 Å². The molecule has 0 aliphatic heterocycles. The van der Waals surface area contributed by atoms with Gasteiger partial charge in [-0.3, -0.25) is 0 Å². The van der Waals surface area contributed by atoms with Crippen molar-refractivity contribution in [2.24, 2.45) is 0 Å². The van der Waals surface area contributed by atoms with E-state index in [0.29, 0.717) is 0 Å². The zero-order valence-corrected chi connectivity index (χ0v) is 13.7. The second kappa shape index (κ2) is 10.2. The quantitative estimate of drug-likeness (QED) is 0.486. The van der Waals surface area contributed by atoms with Crippen LogP contribution in [-0.4, -0.2) is 26.7 Å². The van der Waals surface area contributed by atoms with Crippen molar-refractivity contribution in [1.82, 2.24) is 5.32 Å². The van der Waals surface area contributed by atoms with E-state index in [1.54, 1.807) is 0 Å². The number of hydrogen-bond acceptors (Lipinski definition) is 2. The van der Waals surface area contributed by atoms with Crippen LogP contribution in [0.25, 0.3) is 0 Å². The first-order valence-electron chi connectivity index (χ1n) is 7.93. The third-order valence-corrected chi connectivity index (χ3v) is 3.64. The molecule has 0 spiro atoms. The number of aryl methyl sites for hydroxylation is 2. The summed E-state index contributed by atoms with van der Waals surface area (Å²) in [6, 6.07) is 6.81. The highest BCUT2D eigenvalue weighted by Crippen LogP contribution is 2.24. The van der Waals surface area contributed by atoms with Gasteiger partial charge in [0, 0.05) is 18.8 Å². The Bertz CT molecular complexity index is 437. The second-order valence-electron chi connectivity index (χ2n) is 5.50. The van der Waals surface area contributed by atoms with E-state index in [-0.39, 0.29) is 0 Å². The van der Waals surface area contributed by atoms with Crippen molar-refractivity contribution in [3.63, 3.8) is 0 Å². The Morgan fingerprint density at radius 2 is 2.00 bits per heavy atom. The van der Waals surface area contributed by atoms with Gasteiger partial charge in [0.1, 0.15) is 0 Å². The van der Waals surface area contributed by atoms with Gasteiger partial charge < -0.3 is 10.2 Å². The van der Waals surface area contributed by atoms with Crippen LogP contribution in [0.5, 0.6) is 0 Å². The number of rotatable bonds is 11. The van der Waals surface area contributed by atoms with Gasteiger partial charge in [-0.05, 0) is 63.4 Å². The molecule has 0 aliphatic carbocycles. The molecule has 1 N–H and O–H groups in total. The van der Waals surface area contributed by atoms with Gasteiger partial charge in [-0.25, -0.2) is 0 Å². The van der Waals surface area contributed by atoms with Gasteiger partial charge in [-0.15, -0.1) is 13.2 Å². The molecule has 0 unspecified atom stereocenters.